The second-order valence-electron chi connectivity index (χ2n) is 11.7. The Hall–Kier alpha value is -3.09. The summed E-state index contributed by atoms with van der Waals surface area (Å²) in [6.45, 7) is 5.84. The van der Waals surface area contributed by atoms with Gasteiger partial charge in [0, 0.05) is 32.2 Å². The second-order valence-corrected chi connectivity index (χ2v) is 13.6. The Morgan fingerprint density at radius 1 is 1.00 bits per heavy atom. The molecule has 2 aromatic rings. The molecule has 2 aliphatic heterocycles. The number of rotatable bonds is 8. The van der Waals surface area contributed by atoms with Gasteiger partial charge in [0.1, 0.15) is 17.2 Å². The van der Waals surface area contributed by atoms with Crippen molar-refractivity contribution in [2.24, 2.45) is 0 Å². The van der Waals surface area contributed by atoms with E-state index in [9.17, 15) is 26.8 Å². The summed E-state index contributed by atoms with van der Waals surface area (Å²) in [5, 5.41) is 2.87. The molecule has 2 aromatic carbocycles. The number of halogens is 2. The number of hydrogen-bond acceptors (Lipinski definition) is 6. The fourth-order valence-corrected chi connectivity index (χ4v) is 8.06. The van der Waals surface area contributed by atoms with E-state index in [1.807, 2.05) is 18.7 Å². The summed E-state index contributed by atoms with van der Waals surface area (Å²) in [6, 6.07) is 9.36. The van der Waals surface area contributed by atoms with E-state index in [1.54, 1.807) is 17.0 Å². The van der Waals surface area contributed by atoms with Gasteiger partial charge in [-0.15, -0.1) is 0 Å². The first kappa shape index (κ1) is 30.4. The van der Waals surface area contributed by atoms with Crippen molar-refractivity contribution in [3.8, 4) is 0 Å². The highest BCUT2D eigenvalue weighted by atomic mass is 32.2. The molecule has 2 atom stereocenters. The average Bonchev–Trinajstić information content (AvgIpc) is 3.73. The Morgan fingerprint density at radius 3 is 2.29 bits per heavy atom. The molecule has 0 aromatic heterocycles. The van der Waals surface area contributed by atoms with Crippen LogP contribution in [0.15, 0.2) is 53.4 Å². The molecule has 1 saturated carbocycles. The first-order valence-electron chi connectivity index (χ1n) is 14.5. The highest BCUT2D eigenvalue weighted by Crippen LogP contribution is 2.52. The number of ether oxygens (including phenoxy) is 1. The smallest absolute Gasteiger partial charge is 0.410 e. The molecule has 2 saturated heterocycles. The minimum Gasteiger partial charge on any atom is -0.441 e. The maximum atomic E-state index is 14.3. The van der Waals surface area contributed by atoms with Crippen molar-refractivity contribution in [3.63, 3.8) is 0 Å². The summed E-state index contributed by atoms with van der Waals surface area (Å²) in [5.74, 6) is -1.23. The number of sulfonamides is 1. The van der Waals surface area contributed by atoms with Crippen molar-refractivity contribution in [2.75, 3.05) is 32.7 Å². The van der Waals surface area contributed by atoms with E-state index in [1.165, 1.54) is 34.6 Å². The zero-order valence-corrected chi connectivity index (χ0v) is 24.8. The molecule has 2 heterocycles. The van der Waals surface area contributed by atoms with E-state index in [2.05, 4.69) is 5.32 Å². The summed E-state index contributed by atoms with van der Waals surface area (Å²) in [7, 11) is -4.25. The topological polar surface area (TPSA) is 99.3 Å². The van der Waals surface area contributed by atoms with Crippen LogP contribution >= 0.6 is 0 Å². The van der Waals surface area contributed by atoms with E-state index >= 15 is 0 Å². The predicted molar refractivity (Wildman–Crippen MR) is 152 cm³/mol. The molecule has 3 aliphatic rings. The summed E-state index contributed by atoms with van der Waals surface area (Å²) < 4.78 is 64.2. The van der Waals surface area contributed by atoms with Gasteiger partial charge in [0.05, 0.1) is 23.5 Å². The van der Waals surface area contributed by atoms with Gasteiger partial charge < -0.3 is 15.0 Å². The van der Waals surface area contributed by atoms with E-state index in [4.69, 9.17) is 4.74 Å². The Balaban J connectivity index is 1.36. The van der Waals surface area contributed by atoms with Crippen LogP contribution in [0.5, 0.6) is 0 Å². The third-order valence-electron chi connectivity index (χ3n) is 8.26. The molecule has 0 spiro atoms. The highest BCUT2D eigenvalue weighted by Gasteiger charge is 2.60. The molecule has 0 bridgehead atoms. The lowest BCUT2D eigenvalue weighted by atomic mass is 9.90. The van der Waals surface area contributed by atoms with Gasteiger partial charge in [0.2, 0.25) is 15.9 Å². The molecule has 42 heavy (non-hydrogen) atoms. The number of benzene rings is 2. The van der Waals surface area contributed by atoms with Crippen molar-refractivity contribution in [1.29, 1.82) is 0 Å². The number of nitrogens with zero attached hydrogens (tertiary/aromatic N) is 3. The molecular weight excluding hydrogens is 566 g/mol. The molecule has 0 unspecified atom stereocenters. The molecule has 9 nitrogen and oxygen atoms in total. The van der Waals surface area contributed by atoms with Gasteiger partial charge in [0.25, 0.3) is 0 Å². The Bertz CT molecular complexity index is 1410. The van der Waals surface area contributed by atoms with Crippen LogP contribution in [-0.2, 0) is 19.6 Å². The predicted octanol–water partition coefficient (Wildman–Crippen LogP) is 4.06. The molecule has 228 valence electrons. The highest BCUT2D eigenvalue weighted by molar-refractivity contribution is 7.89. The van der Waals surface area contributed by atoms with Crippen molar-refractivity contribution < 1.29 is 31.5 Å². The molecular formula is C30H38F2N4O5S. The third-order valence-corrected chi connectivity index (χ3v) is 10.2. The first-order chi connectivity index (χ1) is 20.0. The lowest BCUT2D eigenvalue weighted by Gasteiger charge is -2.45. The summed E-state index contributed by atoms with van der Waals surface area (Å²) in [5.41, 5.74) is -0.531. The Labute approximate surface area is 245 Å². The molecule has 5 rings (SSSR count). The summed E-state index contributed by atoms with van der Waals surface area (Å²) in [4.78, 5) is 28.9. The van der Waals surface area contributed by atoms with Gasteiger partial charge in [-0.25, -0.2) is 22.0 Å². The minimum atomic E-state index is -4.25. The van der Waals surface area contributed by atoms with E-state index in [0.29, 0.717) is 63.8 Å². The molecule has 3 fully saturated rings. The SMILES string of the molecule is CC(C)NC(=O)CN1CCN(C(=O)OC2([C@H]3CCC[C@@H](c4cccc(F)c4)N3S(=O)(=O)c3cccc(F)c3)CC2)CC1. The molecule has 1 aliphatic carbocycles. The van der Waals surface area contributed by atoms with Crippen LogP contribution in [0.3, 0.4) is 0 Å². The number of hydrogen-bond donors (Lipinski definition) is 1. The fourth-order valence-electron chi connectivity index (χ4n) is 6.11. The quantitative estimate of drug-likeness (QED) is 0.488. The van der Waals surface area contributed by atoms with E-state index in [-0.39, 0.29) is 23.4 Å². The zero-order chi connectivity index (χ0) is 30.1. The fraction of sp³-hybridized carbons (Fsp3) is 0.533. The second kappa shape index (κ2) is 12.3. The number of carbonyl (C=O) groups excluding carboxylic acids is 2. The normalized spacial score (nSPS) is 23.0. The van der Waals surface area contributed by atoms with E-state index in [0.717, 1.165) is 6.07 Å². The first-order valence-corrected chi connectivity index (χ1v) is 16.0. The van der Waals surface area contributed by atoms with Crippen LogP contribution in [0, 0.1) is 11.6 Å². The summed E-state index contributed by atoms with van der Waals surface area (Å²) >= 11 is 0. The zero-order valence-electron chi connectivity index (χ0n) is 24.0. The standard InChI is InChI=1S/C30H38F2N4O5S/c1-21(2)33-28(37)20-34-14-16-35(17-15-34)29(38)41-30(12-13-30)27-11-5-10-26(22-6-3-7-23(31)18-22)36(27)42(39,40)25-9-4-8-24(32)19-25/h3-4,6-9,18-19,21,26-27H,5,10-17,20H2,1-2H3,(H,33,37)/t26-,27+/m0/s1. The van der Waals surface area contributed by atoms with Gasteiger partial charge in [-0.05, 0) is 81.8 Å². The van der Waals surface area contributed by atoms with Crippen molar-refractivity contribution >= 4 is 22.0 Å². The van der Waals surface area contributed by atoms with Crippen LogP contribution in [0.4, 0.5) is 13.6 Å². The van der Waals surface area contributed by atoms with Crippen molar-refractivity contribution in [3.05, 3.63) is 65.7 Å². The van der Waals surface area contributed by atoms with Gasteiger partial charge in [-0.1, -0.05) is 18.2 Å². The largest absolute Gasteiger partial charge is 0.441 e. The van der Waals surface area contributed by atoms with Gasteiger partial charge in [0.15, 0.2) is 0 Å². The van der Waals surface area contributed by atoms with Crippen molar-refractivity contribution in [1.82, 2.24) is 19.4 Å². The Morgan fingerprint density at radius 2 is 1.67 bits per heavy atom. The van der Waals surface area contributed by atoms with Gasteiger partial charge >= 0.3 is 6.09 Å². The maximum absolute atomic E-state index is 14.3. The maximum Gasteiger partial charge on any atom is 0.410 e. The van der Waals surface area contributed by atoms with Crippen molar-refractivity contribution in [2.45, 2.75) is 74.6 Å². The minimum absolute atomic E-state index is 0.0492. The molecule has 0 radical (unpaired) electrons. The van der Waals surface area contributed by atoms with Crippen LogP contribution in [0.2, 0.25) is 0 Å². The lowest BCUT2D eigenvalue weighted by Crippen LogP contribution is -2.56. The van der Waals surface area contributed by atoms with Crippen LogP contribution in [0.25, 0.3) is 0 Å². The van der Waals surface area contributed by atoms with Crippen LogP contribution in [0.1, 0.15) is 57.6 Å². The molecule has 1 N–H and O–H groups in total. The number of nitrogens with one attached hydrogen (secondary N) is 1. The summed E-state index contributed by atoms with van der Waals surface area (Å²) in [6.07, 6.45) is 2.01. The van der Waals surface area contributed by atoms with Gasteiger partial charge in [-0.3, -0.25) is 9.69 Å². The number of carbonyl (C=O) groups is 2. The van der Waals surface area contributed by atoms with E-state index < -0.39 is 45.4 Å². The average molecular weight is 605 g/mol. The van der Waals surface area contributed by atoms with Crippen LogP contribution < -0.4 is 5.32 Å². The molecule has 2 amide bonds. The Kier molecular flexibility index (Phi) is 8.86. The lowest BCUT2D eigenvalue weighted by molar-refractivity contribution is -0.123. The van der Waals surface area contributed by atoms with Crippen LogP contribution in [-0.4, -0.2) is 84.9 Å². The number of amides is 2. The van der Waals surface area contributed by atoms with Gasteiger partial charge in [-0.2, -0.15) is 4.31 Å². The number of piperidine rings is 1. The number of piperazine rings is 1. The monoisotopic (exact) mass is 604 g/mol. The third kappa shape index (κ3) is 6.60. The molecule has 12 heteroatoms.